The van der Waals surface area contributed by atoms with Gasteiger partial charge >= 0.3 is 0 Å². The molecule has 3 aromatic rings. The van der Waals surface area contributed by atoms with Gasteiger partial charge in [-0.15, -0.1) is 0 Å². The first-order chi connectivity index (χ1) is 26.7. The van der Waals surface area contributed by atoms with E-state index >= 15 is 0 Å². The molecule has 6 atom stereocenters. The summed E-state index contributed by atoms with van der Waals surface area (Å²) < 4.78 is 0. The van der Waals surface area contributed by atoms with Crippen molar-refractivity contribution in [3.8, 4) is 23.1 Å². The number of imidazole rings is 1. The Morgan fingerprint density at radius 1 is 0.786 bits per heavy atom. The van der Waals surface area contributed by atoms with E-state index in [-0.39, 0.29) is 71.8 Å². The lowest BCUT2D eigenvalue weighted by Gasteiger charge is -2.33. The van der Waals surface area contributed by atoms with Crippen molar-refractivity contribution in [3.05, 3.63) is 83.4 Å². The summed E-state index contributed by atoms with van der Waals surface area (Å²) in [7, 11) is 0. The second-order valence-electron chi connectivity index (χ2n) is 16.6. The van der Waals surface area contributed by atoms with Gasteiger partial charge in [0.1, 0.15) is 17.6 Å². The molecule has 0 saturated carbocycles. The molecule has 0 bridgehead atoms. The Bertz CT molecular complexity index is 2070. The minimum atomic E-state index is -0.579. The topological polar surface area (TPSA) is 128 Å². The summed E-state index contributed by atoms with van der Waals surface area (Å²) in [5, 5.41) is 2.85. The zero-order valence-electron chi connectivity index (χ0n) is 34.1. The molecule has 2 fully saturated rings. The number of carbonyl (C=O) groups is 4. The minimum absolute atomic E-state index is 0.0339. The standard InChI is InChI=1S/C46H56N6O4/c1-27(2)38(23-31(7)53)45(55)51-29(5)9-21-41(51)39-24-37(25-47-39)35-17-13-33(14-18-35)11-12-34-15-19-36(20-16-34)40-26-48-44(50-40)42-22-10-30(6)52(42)46(56)43(28(3)4)49-32(8)54/h13-20,25-30,38,41-43H,9-10,21-24H2,1-8H3,(H,48,50)(H,49,54)/t29-,30-,38+,41+,42+,43+/m1/s1. The predicted octanol–water partition coefficient (Wildman–Crippen LogP) is 7.51. The molecule has 56 heavy (non-hydrogen) atoms. The zero-order chi connectivity index (χ0) is 40.3. The van der Waals surface area contributed by atoms with Gasteiger partial charge in [-0.25, -0.2) is 4.98 Å². The van der Waals surface area contributed by atoms with Gasteiger partial charge in [0.15, 0.2) is 0 Å². The number of benzene rings is 2. The Balaban J connectivity index is 1.07. The highest BCUT2D eigenvalue weighted by Gasteiger charge is 2.42. The smallest absolute Gasteiger partial charge is 0.246 e. The number of Topliss-reactive ketones (excluding diaryl/α,β-unsaturated/α-hetero) is 1. The van der Waals surface area contributed by atoms with Gasteiger partial charge in [-0.05, 0) is 99.3 Å². The highest BCUT2D eigenvalue weighted by molar-refractivity contribution is 6.03. The molecule has 2 saturated heterocycles. The van der Waals surface area contributed by atoms with Crippen LogP contribution in [0.4, 0.5) is 0 Å². The summed E-state index contributed by atoms with van der Waals surface area (Å²) in [6, 6.07) is 15.6. The van der Waals surface area contributed by atoms with Crippen molar-refractivity contribution >= 4 is 34.8 Å². The maximum atomic E-state index is 13.7. The Kier molecular flexibility index (Phi) is 12.4. The van der Waals surface area contributed by atoms with Crippen LogP contribution in [0, 0.1) is 29.6 Å². The largest absolute Gasteiger partial charge is 0.344 e. The van der Waals surface area contributed by atoms with Gasteiger partial charge in [-0.1, -0.05) is 63.8 Å². The van der Waals surface area contributed by atoms with Crippen LogP contribution in [-0.4, -0.2) is 73.2 Å². The number of rotatable bonds is 11. The first kappa shape index (κ1) is 40.4. The minimum Gasteiger partial charge on any atom is -0.344 e. The molecule has 294 valence electrons. The fourth-order valence-electron chi connectivity index (χ4n) is 8.43. The average molecular weight is 757 g/mol. The van der Waals surface area contributed by atoms with Gasteiger partial charge in [-0.3, -0.25) is 19.4 Å². The maximum Gasteiger partial charge on any atom is 0.246 e. The fraction of sp³-hybridized carbons (Fsp3) is 0.478. The van der Waals surface area contributed by atoms with Crippen LogP contribution in [-0.2, 0) is 19.2 Å². The second-order valence-corrected chi connectivity index (χ2v) is 16.6. The summed E-state index contributed by atoms with van der Waals surface area (Å²) in [4.78, 5) is 68.1. The molecule has 3 aliphatic heterocycles. The number of aromatic amines is 1. The number of nitrogens with one attached hydrogen (secondary N) is 2. The van der Waals surface area contributed by atoms with Gasteiger partial charge in [0.25, 0.3) is 0 Å². The summed E-state index contributed by atoms with van der Waals surface area (Å²) in [6.07, 6.45) is 8.21. The lowest BCUT2D eigenvalue weighted by Crippen LogP contribution is -2.52. The van der Waals surface area contributed by atoms with E-state index in [1.165, 1.54) is 6.92 Å². The van der Waals surface area contributed by atoms with Crippen LogP contribution >= 0.6 is 0 Å². The van der Waals surface area contributed by atoms with Gasteiger partial charge in [0, 0.05) is 60.8 Å². The molecule has 2 N–H and O–H groups in total. The average Bonchev–Trinajstić information content (AvgIpc) is 3.98. The first-order valence-corrected chi connectivity index (χ1v) is 20.2. The van der Waals surface area contributed by atoms with E-state index in [2.05, 4.69) is 48.1 Å². The molecule has 0 aliphatic carbocycles. The van der Waals surface area contributed by atoms with Crippen molar-refractivity contribution in [1.29, 1.82) is 0 Å². The van der Waals surface area contributed by atoms with E-state index in [1.807, 2.05) is 86.3 Å². The molecular formula is C46H56N6O4. The van der Waals surface area contributed by atoms with Gasteiger partial charge in [0.2, 0.25) is 17.7 Å². The van der Waals surface area contributed by atoms with Gasteiger partial charge < -0.3 is 24.9 Å². The van der Waals surface area contributed by atoms with Crippen LogP contribution in [0.5, 0.6) is 0 Å². The fourth-order valence-corrected chi connectivity index (χ4v) is 8.43. The number of H-pyrrole nitrogens is 1. The summed E-state index contributed by atoms with van der Waals surface area (Å²) in [6.45, 7) is 15.1. The number of hydrogen-bond acceptors (Lipinski definition) is 6. The van der Waals surface area contributed by atoms with E-state index in [1.54, 1.807) is 6.92 Å². The van der Waals surface area contributed by atoms with Crippen molar-refractivity contribution in [1.82, 2.24) is 25.1 Å². The maximum absolute atomic E-state index is 13.7. The van der Waals surface area contributed by atoms with Crippen LogP contribution < -0.4 is 5.32 Å². The number of likely N-dealkylation sites (tertiary alicyclic amines) is 2. The van der Waals surface area contributed by atoms with Crippen molar-refractivity contribution in [2.75, 3.05) is 0 Å². The third-order valence-electron chi connectivity index (χ3n) is 11.6. The van der Waals surface area contributed by atoms with Crippen molar-refractivity contribution in [2.45, 2.75) is 124 Å². The molecule has 0 radical (unpaired) electrons. The summed E-state index contributed by atoms with van der Waals surface area (Å²) in [5.74, 6) is 6.91. The van der Waals surface area contributed by atoms with E-state index in [4.69, 9.17) is 9.98 Å². The summed E-state index contributed by atoms with van der Waals surface area (Å²) in [5.41, 5.74) is 6.87. The highest BCUT2D eigenvalue weighted by atomic mass is 16.2. The Hall–Kier alpha value is -5.30. The van der Waals surface area contributed by atoms with E-state index in [0.717, 1.165) is 70.7 Å². The molecule has 4 heterocycles. The van der Waals surface area contributed by atoms with Crippen LogP contribution in [0.15, 0.2) is 65.9 Å². The number of aromatic nitrogens is 2. The normalized spacial score (nSPS) is 21.8. The molecule has 1 aromatic heterocycles. The third kappa shape index (κ3) is 8.88. The molecule has 10 heteroatoms. The van der Waals surface area contributed by atoms with Crippen LogP contribution in [0.2, 0.25) is 0 Å². The Morgan fingerprint density at radius 2 is 1.36 bits per heavy atom. The van der Waals surface area contributed by atoms with E-state index in [9.17, 15) is 19.2 Å². The number of allylic oxidation sites excluding steroid dienone is 1. The molecule has 2 aromatic carbocycles. The monoisotopic (exact) mass is 756 g/mol. The van der Waals surface area contributed by atoms with Gasteiger partial charge in [0.05, 0.1) is 24.0 Å². The molecule has 3 aliphatic rings. The third-order valence-corrected chi connectivity index (χ3v) is 11.6. The molecule has 3 amide bonds. The number of nitrogens with zero attached hydrogens (tertiary/aromatic N) is 4. The first-order valence-electron chi connectivity index (χ1n) is 20.2. The van der Waals surface area contributed by atoms with Crippen molar-refractivity contribution in [3.63, 3.8) is 0 Å². The lowest BCUT2D eigenvalue weighted by atomic mass is 9.88. The Labute approximate surface area is 331 Å². The molecule has 0 spiro atoms. The van der Waals surface area contributed by atoms with Crippen molar-refractivity contribution < 1.29 is 19.2 Å². The van der Waals surface area contributed by atoms with E-state index < -0.39 is 6.04 Å². The molecule has 0 unspecified atom stereocenters. The van der Waals surface area contributed by atoms with Crippen molar-refractivity contribution in [2.24, 2.45) is 22.7 Å². The van der Waals surface area contributed by atoms with Crippen LogP contribution in [0.3, 0.4) is 0 Å². The van der Waals surface area contributed by atoms with E-state index in [0.29, 0.717) is 6.42 Å². The number of carbonyl (C=O) groups excluding carboxylic acids is 4. The predicted molar refractivity (Wildman–Crippen MR) is 220 cm³/mol. The second kappa shape index (κ2) is 17.2. The highest BCUT2D eigenvalue weighted by Crippen LogP contribution is 2.37. The number of ketones is 1. The van der Waals surface area contributed by atoms with Gasteiger partial charge in [-0.2, -0.15) is 0 Å². The SMILES string of the molecule is CC(=O)C[C@H](C(=O)N1[C@H](C)CC[C@H]1C1=NC=C(c2ccc(C#Cc3ccc(-c4cnc([C@@H]5CC[C@@H](C)N5C(=O)[C@@H](NC(C)=O)C(C)C)[nH]4)cc3)cc2)C1)C(C)C. The number of hydrogen-bond donors (Lipinski definition) is 2. The lowest BCUT2D eigenvalue weighted by molar-refractivity contribution is -0.140. The molecule has 10 nitrogen and oxygen atoms in total. The molecular weight excluding hydrogens is 701 g/mol. The number of aliphatic imine (C=N–C) groups is 1. The van der Waals surface area contributed by atoms with Crippen LogP contribution in [0.1, 0.15) is 122 Å². The Morgan fingerprint density at radius 3 is 1.91 bits per heavy atom. The number of amides is 3. The quantitative estimate of drug-likeness (QED) is 0.196. The van der Waals surface area contributed by atoms with Crippen LogP contribution in [0.25, 0.3) is 16.8 Å². The molecule has 6 rings (SSSR count). The summed E-state index contributed by atoms with van der Waals surface area (Å²) >= 11 is 0. The zero-order valence-corrected chi connectivity index (χ0v) is 34.1.